The molecule has 2 aromatic rings. The normalized spacial score (nSPS) is 16.1. The Morgan fingerprint density at radius 2 is 2.04 bits per heavy atom. The van der Waals surface area contributed by atoms with E-state index in [0.717, 1.165) is 41.8 Å². The molecule has 1 aliphatic rings. The lowest BCUT2D eigenvalue weighted by Crippen LogP contribution is -2.14. The lowest BCUT2D eigenvalue weighted by atomic mass is 10.1. The highest BCUT2D eigenvalue weighted by molar-refractivity contribution is 6.34. The van der Waals surface area contributed by atoms with Gasteiger partial charge in [-0.25, -0.2) is 9.98 Å². The van der Waals surface area contributed by atoms with Crippen LogP contribution >= 0.6 is 11.6 Å². The summed E-state index contributed by atoms with van der Waals surface area (Å²) < 4.78 is 6.06. The van der Waals surface area contributed by atoms with Crippen LogP contribution in [-0.2, 0) is 0 Å². The summed E-state index contributed by atoms with van der Waals surface area (Å²) in [5.74, 6) is 0.552. The molecule has 1 saturated carbocycles. The lowest BCUT2D eigenvalue weighted by Gasteiger charge is -2.15. The highest BCUT2D eigenvalue weighted by atomic mass is 35.5. The maximum atomic E-state index is 6.42. The summed E-state index contributed by atoms with van der Waals surface area (Å²) in [7, 11) is 0. The molecule has 0 spiro atoms. The minimum atomic E-state index is -0.112. The first-order valence-corrected chi connectivity index (χ1v) is 8.64. The van der Waals surface area contributed by atoms with E-state index < -0.39 is 0 Å². The van der Waals surface area contributed by atoms with Gasteiger partial charge in [-0.05, 0) is 51.7 Å². The average molecular weight is 344 g/mol. The van der Waals surface area contributed by atoms with Gasteiger partial charge in [-0.15, -0.1) is 0 Å². The van der Waals surface area contributed by atoms with Gasteiger partial charge in [-0.1, -0.05) is 30.7 Å². The second-order valence-electron chi connectivity index (χ2n) is 6.56. The van der Waals surface area contributed by atoms with Crippen molar-refractivity contribution in [2.75, 3.05) is 0 Å². The second kappa shape index (κ2) is 6.52. The number of halogens is 1. The molecule has 1 fully saturated rings. The van der Waals surface area contributed by atoms with E-state index in [1.54, 1.807) is 0 Å². The molecule has 0 N–H and O–H groups in total. The minimum Gasteiger partial charge on any atom is -0.470 e. The monoisotopic (exact) mass is 343 g/mol. The molecule has 4 nitrogen and oxygen atoms in total. The Morgan fingerprint density at radius 1 is 1.29 bits per heavy atom. The molecule has 0 atom stereocenters. The van der Waals surface area contributed by atoms with Gasteiger partial charge in [0.15, 0.2) is 0 Å². The molecule has 5 heteroatoms. The maximum Gasteiger partial charge on any atom is 0.243 e. The largest absolute Gasteiger partial charge is 0.470 e. The number of hydrogen-bond donors (Lipinski definition) is 0. The minimum absolute atomic E-state index is 0.112. The van der Waals surface area contributed by atoms with Gasteiger partial charge in [0.2, 0.25) is 5.88 Å². The Labute approximate surface area is 148 Å². The third-order valence-electron chi connectivity index (χ3n) is 4.29. The van der Waals surface area contributed by atoms with Gasteiger partial charge in [0.05, 0.1) is 5.69 Å². The fourth-order valence-corrected chi connectivity index (χ4v) is 2.82. The zero-order valence-corrected chi connectivity index (χ0v) is 15.3. The third-order valence-corrected chi connectivity index (χ3v) is 4.60. The number of hydrogen-bond acceptors (Lipinski definition) is 4. The summed E-state index contributed by atoms with van der Waals surface area (Å²) in [6, 6.07) is 6.02. The Hall–Kier alpha value is -1.94. The molecule has 0 amide bonds. The number of rotatable bonds is 5. The molecule has 1 heterocycles. The van der Waals surface area contributed by atoms with E-state index in [9.17, 15) is 0 Å². The van der Waals surface area contributed by atoms with Gasteiger partial charge in [-0.2, -0.15) is 4.98 Å². The Bertz CT molecular complexity index is 797. The number of nitrogens with zero attached hydrogens (tertiary/aromatic N) is 3. The van der Waals surface area contributed by atoms with Crippen molar-refractivity contribution in [3.05, 3.63) is 46.4 Å². The Morgan fingerprint density at radius 3 is 2.67 bits per heavy atom. The van der Waals surface area contributed by atoms with Crippen molar-refractivity contribution in [2.24, 2.45) is 4.99 Å². The zero-order valence-electron chi connectivity index (χ0n) is 14.6. The quantitative estimate of drug-likeness (QED) is 0.700. The van der Waals surface area contributed by atoms with Crippen molar-refractivity contribution in [3.8, 4) is 5.88 Å². The van der Waals surface area contributed by atoms with Gasteiger partial charge in [0.1, 0.15) is 17.6 Å². The van der Waals surface area contributed by atoms with Crippen LogP contribution in [0.25, 0.3) is 0 Å². The molecule has 1 aromatic heterocycles. The van der Waals surface area contributed by atoms with Crippen molar-refractivity contribution in [2.45, 2.75) is 52.6 Å². The van der Waals surface area contributed by atoms with E-state index in [-0.39, 0.29) is 5.60 Å². The molecule has 1 aromatic carbocycles. The van der Waals surface area contributed by atoms with E-state index in [2.05, 4.69) is 23.8 Å². The number of aromatic nitrogens is 2. The van der Waals surface area contributed by atoms with Crippen LogP contribution in [0, 0.1) is 13.8 Å². The number of aryl methyl sites for hydroxylation is 2. The van der Waals surface area contributed by atoms with Crippen LogP contribution in [0.3, 0.4) is 0 Å². The van der Waals surface area contributed by atoms with Gasteiger partial charge in [-0.3, -0.25) is 0 Å². The topological polar surface area (TPSA) is 47.4 Å². The van der Waals surface area contributed by atoms with Crippen LogP contribution in [0.4, 0.5) is 5.69 Å². The lowest BCUT2D eigenvalue weighted by molar-refractivity contribution is 0.192. The van der Waals surface area contributed by atoms with Gasteiger partial charge in [0, 0.05) is 16.3 Å². The van der Waals surface area contributed by atoms with E-state index in [1.165, 1.54) is 6.33 Å². The number of ether oxygens (including phenoxy) is 1. The van der Waals surface area contributed by atoms with E-state index in [4.69, 9.17) is 21.3 Å². The predicted octanol–water partition coefficient (Wildman–Crippen LogP) is 5.21. The summed E-state index contributed by atoms with van der Waals surface area (Å²) in [6.07, 6.45) is 4.38. The van der Waals surface area contributed by atoms with Gasteiger partial charge < -0.3 is 4.74 Å². The first-order chi connectivity index (χ1) is 11.4. The van der Waals surface area contributed by atoms with E-state index in [0.29, 0.717) is 16.6 Å². The predicted molar refractivity (Wildman–Crippen MR) is 97.7 cm³/mol. The van der Waals surface area contributed by atoms with Crippen molar-refractivity contribution in [1.29, 1.82) is 0 Å². The molecule has 24 heavy (non-hydrogen) atoms. The molecular formula is C19H22ClN3O. The van der Waals surface area contributed by atoms with Gasteiger partial charge in [0.25, 0.3) is 0 Å². The average Bonchev–Trinajstić information content (AvgIpc) is 3.25. The summed E-state index contributed by atoms with van der Waals surface area (Å²) in [5, 5.41) is 0.710. The SMILES string of the molecule is CCC(=Nc1c(C)ncnc1OC1(C)CC1)c1ccc(C)cc1Cl. The highest BCUT2D eigenvalue weighted by Crippen LogP contribution is 2.42. The maximum absolute atomic E-state index is 6.42. The van der Waals surface area contributed by atoms with Crippen molar-refractivity contribution < 1.29 is 4.74 Å². The molecule has 0 radical (unpaired) electrons. The van der Waals surface area contributed by atoms with Crippen molar-refractivity contribution in [1.82, 2.24) is 9.97 Å². The van der Waals surface area contributed by atoms with E-state index in [1.807, 2.05) is 32.0 Å². The molecular weight excluding hydrogens is 322 g/mol. The summed E-state index contributed by atoms with van der Waals surface area (Å²) in [6.45, 7) is 8.11. The van der Waals surface area contributed by atoms with E-state index >= 15 is 0 Å². The molecule has 0 bridgehead atoms. The molecule has 3 rings (SSSR count). The first-order valence-electron chi connectivity index (χ1n) is 8.26. The summed E-state index contributed by atoms with van der Waals surface area (Å²) in [4.78, 5) is 13.4. The molecule has 0 saturated heterocycles. The van der Waals surface area contributed by atoms with Crippen molar-refractivity contribution in [3.63, 3.8) is 0 Å². The third kappa shape index (κ3) is 3.59. The zero-order chi connectivity index (χ0) is 17.3. The summed E-state index contributed by atoms with van der Waals surface area (Å²) in [5.41, 5.74) is 4.36. The van der Waals surface area contributed by atoms with Crippen molar-refractivity contribution >= 4 is 23.0 Å². The van der Waals surface area contributed by atoms with Crippen LogP contribution in [0.15, 0.2) is 29.5 Å². The first kappa shape index (κ1) is 16.9. The second-order valence-corrected chi connectivity index (χ2v) is 6.97. The highest BCUT2D eigenvalue weighted by Gasteiger charge is 2.41. The van der Waals surface area contributed by atoms with Crippen LogP contribution in [0.2, 0.25) is 5.02 Å². The van der Waals surface area contributed by atoms with Crippen LogP contribution in [0.1, 0.15) is 49.9 Å². The molecule has 0 unspecified atom stereocenters. The van der Waals surface area contributed by atoms with Crippen LogP contribution < -0.4 is 4.74 Å². The summed E-state index contributed by atoms with van der Waals surface area (Å²) >= 11 is 6.42. The fourth-order valence-electron chi connectivity index (χ4n) is 2.48. The standard InChI is InChI=1S/C19H22ClN3O/c1-5-16(14-7-6-12(2)10-15(14)20)23-17-13(3)21-11-22-18(17)24-19(4)8-9-19/h6-7,10-11H,5,8-9H2,1-4H3. The van der Waals surface area contributed by atoms with Gasteiger partial charge >= 0.3 is 0 Å². The Kier molecular flexibility index (Phi) is 4.59. The molecule has 126 valence electrons. The Balaban J connectivity index is 2.04. The molecule has 1 aliphatic carbocycles. The fraction of sp³-hybridized carbons (Fsp3) is 0.421. The van der Waals surface area contributed by atoms with Crippen LogP contribution in [0.5, 0.6) is 5.88 Å². The number of benzene rings is 1. The number of aliphatic imine (C=N–C) groups is 1. The molecule has 0 aliphatic heterocycles. The van der Waals surface area contributed by atoms with Crippen LogP contribution in [-0.4, -0.2) is 21.3 Å². The smallest absolute Gasteiger partial charge is 0.243 e.